The van der Waals surface area contributed by atoms with Crippen molar-refractivity contribution in [2.45, 2.75) is 18.9 Å². The van der Waals surface area contributed by atoms with E-state index in [2.05, 4.69) is 5.32 Å². The number of hydrogen-bond donors (Lipinski definition) is 2. The molecule has 21 heavy (non-hydrogen) atoms. The number of nitrogens with two attached hydrogens (primary N) is 1. The average molecular weight is 291 g/mol. The van der Waals surface area contributed by atoms with Gasteiger partial charge in [0.25, 0.3) is 11.8 Å². The molecule has 1 fully saturated rings. The molecule has 1 aliphatic rings. The number of anilines is 1. The van der Waals surface area contributed by atoms with Gasteiger partial charge in [-0.2, -0.15) is 0 Å². The zero-order valence-corrected chi connectivity index (χ0v) is 11.7. The lowest BCUT2D eigenvalue weighted by Crippen LogP contribution is -2.53. The Morgan fingerprint density at radius 3 is 2.95 bits per heavy atom. The van der Waals surface area contributed by atoms with Crippen LogP contribution in [0.2, 0.25) is 0 Å². The van der Waals surface area contributed by atoms with Crippen molar-refractivity contribution < 1.29 is 19.1 Å². The van der Waals surface area contributed by atoms with E-state index in [4.69, 9.17) is 10.5 Å². The second-order valence-corrected chi connectivity index (χ2v) is 4.81. The highest BCUT2D eigenvalue weighted by Gasteiger charge is 2.32. The predicted octanol–water partition coefficient (Wildman–Crippen LogP) is -0.0888. The van der Waals surface area contributed by atoms with Gasteiger partial charge in [-0.15, -0.1) is 0 Å². The van der Waals surface area contributed by atoms with Crippen LogP contribution in [0.25, 0.3) is 0 Å². The van der Waals surface area contributed by atoms with E-state index in [1.165, 1.54) is 7.05 Å². The highest BCUT2D eigenvalue weighted by atomic mass is 16.5. The van der Waals surface area contributed by atoms with Crippen molar-refractivity contribution in [2.24, 2.45) is 0 Å². The third kappa shape index (κ3) is 3.71. The Morgan fingerprint density at radius 1 is 1.48 bits per heavy atom. The molecule has 1 unspecified atom stereocenters. The standard InChI is InChI=1S/C14H17N3O4/c1-17-13(19)6-5-11(14(17)20)16-12(18)8-21-10-4-2-3-9(15)7-10/h2-4,7,11H,5-6,8,15H2,1H3,(H,16,18). The lowest BCUT2D eigenvalue weighted by molar-refractivity contribution is -0.149. The maximum atomic E-state index is 11.8. The normalized spacial score (nSPS) is 18.5. The molecule has 1 aromatic rings. The summed E-state index contributed by atoms with van der Waals surface area (Å²) in [5.74, 6) is -0.573. The number of amides is 3. The van der Waals surface area contributed by atoms with Crippen LogP contribution in [0.3, 0.4) is 0 Å². The number of ether oxygens (including phenoxy) is 1. The molecule has 1 heterocycles. The first kappa shape index (κ1) is 14.8. The molecule has 1 saturated heterocycles. The molecule has 0 aliphatic carbocycles. The Bertz CT molecular complexity index is 573. The maximum absolute atomic E-state index is 11.8. The van der Waals surface area contributed by atoms with Gasteiger partial charge in [-0.25, -0.2) is 0 Å². The number of benzene rings is 1. The summed E-state index contributed by atoms with van der Waals surface area (Å²) in [6.45, 7) is -0.217. The van der Waals surface area contributed by atoms with E-state index in [9.17, 15) is 14.4 Å². The fourth-order valence-corrected chi connectivity index (χ4v) is 2.04. The first-order chi connectivity index (χ1) is 9.97. The number of likely N-dealkylation sites (tertiary alicyclic amines) is 1. The van der Waals surface area contributed by atoms with Crippen molar-refractivity contribution in [3.05, 3.63) is 24.3 Å². The predicted molar refractivity (Wildman–Crippen MR) is 75.3 cm³/mol. The minimum absolute atomic E-state index is 0.217. The lowest BCUT2D eigenvalue weighted by Gasteiger charge is -2.28. The molecule has 0 saturated carbocycles. The number of carbonyl (C=O) groups is 3. The zero-order chi connectivity index (χ0) is 15.4. The van der Waals surface area contributed by atoms with Crippen molar-refractivity contribution in [3.63, 3.8) is 0 Å². The number of likely N-dealkylation sites (N-methyl/N-ethyl adjacent to an activating group) is 1. The second-order valence-electron chi connectivity index (χ2n) is 4.81. The Balaban J connectivity index is 1.85. The Labute approximate surface area is 122 Å². The van der Waals surface area contributed by atoms with Crippen LogP contribution in [0, 0.1) is 0 Å². The quantitative estimate of drug-likeness (QED) is 0.596. The van der Waals surface area contributed by atoms with Gasteiger partial charge in [0.2, 0.25) is 5.91 Å². The summed E-state index contributed by atoms with van der Waals surface area (Å²) in [5.41, 5.74) is 6.14. The van der Waals surface area contributed by atoms with Crippen LogP contribution in [0.15, 0.2) is 24.3 Å². The van der Waals surface area contributed by atoms with Crippen molar-refractivity contribution in [1.29, 1.82) is 0 Å². The third-order valence-corrected chi connectivity index (χ3v) is 3.21. The highest BCUT2D eigenvalue weighted by molar-refractivity contribution is 6.01. The number of carbonyl (C=O) groups excluding carboxylic acids is 3. The first-order valence-electron chi connectivity index (χ1n) is 6.55. The minimum Gasteiger partial charge on any atom is -0.484 e. The monoisotopic (exact) mass is 291 g/mol. The van der Waals surface area contributed by atoms with Crippen molar-refractivity contribution in [3.8, 4) is 5.75 Å². The van der Waals surface area contributed by atoms with Gasteiger partial charge < -0.3 is 15.8 Å². The van der Waals surface area contributed by atoms with Crippen molar-refractivity contribution in [1.82, 2.24) is 10.2 Å². The molecule has 7 nitrogen and oxygen atoms in total. The van der Waals surface area contributed by atoms with Gasteiger partial charge in [0.05, 0.1) is 0 Å². The molecule has 112 valence electrons. The third-order valence-electron chi connectivity index (χ3n) is 3.21. The van der Waals surface area contributed by atoms with Gasteiger partial charge in [-0.3, -0.25) is 19.3 Å². The van der Waals surface area contributed by atoms with Gasteiger partial charge in [-0.1, -0.05) is 6.07 Å². The Morgan fingerprint density at radius 2 is 2.24 bits per heavy atom. The Hall–Kier alpha value is -2.57. The maximum Gasteiger partial charge on any atom is 0.258 e. The molecule has 0 radical (unpaired) electrons. The van der Waals surface area contributed by atoms with Crippen LogP contribution in [0.5, 0.6) is 5.75 Å². The van der Waals surface area contributed by atoms with E-state index in [1.807, 2.05) is 0 Å². The van der Waals surface area contributed by atoms with E-state index in [0.717, 1.165) is 4.90 Å². The summed E-state index contributed by atoms with van der Waals surface area (Å²) in [6.07, 6.45) is 0.551. The molecule has 3 amide bonds. The Kier molecular flexibility index (Phi) is 4.42. The smallest absolute Gasteiger partial charge is 0.258 e. The number of nitrogen functional groups attached to an aromatic ring is 1. The average Bonchev–Trinajstić information content (AvgIpc) is 2.46. The SMILES string of the molecule is CN1C(=O)CCC(NC(=O)COc2cccc(N)c2)C1=O. The van der Waals surface area contributed by atoms with E-state index >= 15 is 0 Å². The fraction of sp³-hybridized carbons (Fsp3) is 0.357. The molecule has 1 aromatic carbocycles. The number of piperidine rings is 1. The summed E-state index contributed by atoms with van der Waals surface area (Å²) in [6, 6.07) is 6.03. The molecular formula is C14H17N3O4. The van der Waals surface area contributed by atoms with Crippen molar-refractivity contribution >= 4 is 23.4 Å². The van der Waals surface area contributed by atoms with Crippen LogP contribution in [0.1, 0.15) is 12.8 Å². The number of nitrogens with one attached hydrogen (secondary N) is 1. The fourth-order valence-electron chi connectivity index (χ4n) is 2.04. The van der Waals surface area contributed by atoms with E-state index < -0.39 is 17.9 Å². The summed E-state index contributed by atoms with van der Waals surface area (Å²) in [4.78, 5) is 36.0. The molecule has 1 aliphatic heterocycles. The van der Waals surface area contributed by atoms with Gasteiger partial charge in [0.15, 0.2) is 6.61 Å². The molecule has 0 spiro atoms. The van der Waals surface area contributed by atoms with E-state index in [-0.39, 0.29) is 18.9 Å². The van der Waals surface area contributed by atoms with Gasteiger partial charge in [0.1, 0.15) is 11.8 Å². The molecule has 1 atom stereocenters. The van der Waals surface area contributed by atoms with Gasteiger partial charge in [-0.05, 0) is 18.6 Å². The van der Waals surface area contributed by atoms with Gasteiger partial charge in [0, 0.05) is 25.2 Å². The molecular weight excluding hydrogens is 274 g/mol. The largest absolute Gasteiger partial charge is 0.484 e. The topological polar surface area (TPSA) is 102 Å². The highest BCUT2D eigenvalue weighted by Crippen LogP contribution is 2.14. The van der Waals surface area contributed by atoms with Crippen LogP contribution in [-0.4, -0.2) is 42.3 Å². The van der Waals surface area contributed by atoms with Gasteiger partial charge >= 0.3 is 0 Å². The summed E-state index contributed by atoms with van der Waals surface area (Å²) in [7, 11) is 1.41. The van der Waals surface area contributed by atoms with Crippen LogP contribution in [-0.2, 0) is 14.4 Å². The molecule has 7 heteroatoms. The number of rotatable bonds is 4. The lowest BCUT2D eigenvalue weighted by atomic mass is 10.0. The van der Waals surface area contributed by atoms with Crippen LogP contribution >= 0.6 is 0 Å². The molecule has 3 N–H and O–H groups in total. The number of imide groups is 1. The zero-order valence-electron chi connectivity index (χ0n) is 11.7. The van der Waals surface area contributed by atoms with Crippen LogP contribution < -0.4 is 15.8 Å². The molecule has 0 aromatic heterocycles. The van der Waals surface area contributed by atoms with Crippen LogP contribution in [0.4, 0.5) is 5.69 Å². The van der Waals surface area contributed by atoms with E-state index in [0.29, 0.717) is 17.9 Å². The second kappa shape index (κ2) is 6.25. The molecule has 2 rings (SSSR count). The number of hydrogen-bond acceptors (Lipinski definition) is 5. The molecule has 0 bridgehead atoms. The first-order valence-corrected chi connectivity index (χ1v) is 6.55. The summed E-state index contributed by atoms with van der Waals surface area (Å²) in [5, 5.41) is 2.57. The minimum atomic E-state index is -0.676. The van der Waals surface area contributed by atoms with Crippen molar-refractivity contribution in [2.75, 3.05) is 19.4 Å². The van der Waals surface area contributed by atoms with E-state index in [1.54, 1.807) is 24.3 Å². The summed E-state index contributed by atoms with van der Waals surface area (Å²) >= 11 is 0. The number of nitrogens with zero attached hydrogens (tertiary/aromatic N) is 1. The summed E-state index contributed by atoms with van der Waals surface area (Å²) < 4.78 is 5.29.